The second-order valence-electron chi connectivity index (χ2n) is 6.69. The summed E-state index contributed by atoms with van der Waals surface area (Å²) in [5, 5.41) is 22.5. The highest BCUT2D eigenvalue weighted by Crippen LogP contribution is 2.38. The molecule has 0 saturated carbocycles. The molecule has 1 aliphatic rings. The molecule has 10 heteroatoms. The van der Waals surface area contributed by atoms with Crippen molar-refractivity contribution >= 4 is 45.5 Å². The van der Waals surface area contributed by atoms with Crippen molar-refractivity contribution in [1.29, 1.82) is 0 Å². The Morgan fingerprint density at radius 3 is 3.11 bits per heavy atom. The van der Waals surface area contributed by atoms with E-state index in [2.05, 4.69) is 44.6 Å². The highest BCUT2D eigenvalue weighted by molar-refractivity contribution is 7.99. The highest BCUT2D eigenvalue weighted by Gasteiger charge is 2.24. The number of aromatic nitrogens is 5. The minimum absolute atomic E-state index is 0.140. The summed E-state index contributed by atoms with van der Waals surface area (Å²) in [6.45, 7) is 6.78. The lowest BCUT2D eigenvalue weighted by atomic mass is 9.88. The third kappa shape index (κ3) is 4.03. The average molecular weight is 433 g/mol. The second-order valence-corrected chi connectivity index (χ2v) is 9.43. The van der Waals surface area contributed by atoms with Gasteiger partial charge in [-0.3, -0.25) is 14.7 Å². The number of nitrogens with zero attached hydrogens (tertiary/aromatic N) is 5. The Morgan fingerprint density at radius 1 is 1.43 bits per heavy atom. The molecule has 0 aromatic carbocycles. The van der Waals surface area contributed by atoms with E-state index in [9.17, 15) is 4.79 Å². The van der Waals surface area contributed by atoms with Gasteiger partial charge in [0.25, 0.3) is 0 Å². The molecule has 1 unspecified atom stereocenters. The van der Waals surface area contributed by atoms with Gasteiger partial charge < -0.3 is 0 Å². The van der Waals surface area contributed by atoms with Crippen LogP contribution >= 0.6 is 34.4 Å². The van der Waals surface area contributed by atoms with Crippen molar-refractivity contribution in [2.75, 3.05) is 11.1 Å². The summed E-state index contributed by atoms with van der Waals surface area (Å²) in [6.07, 6.45) is 5.27. The van der Waals surface area contributed by atoms with Crippen molar-refractivity contribution in [3.8, 4) is 11.4 Å². The predicted molar refractivity (Wildman–Crippen MR) is 114 cm³/mol. The molecule has 0 fully saturated rings. The van der Waals surface area contributed by atoms with Crippen LogP contribution in [0.15, 0.2) is 28.7 Å². The van der Waals surface area contributed by atoms with Gasteiger partial charge >= 0.3 is 0 Å². The van der Waals surface area contributed by atoms with E-state index in [0.717, 1.165) is 24.6 Å². The molecule has 4 rings (SSSR count). The minimum Gasteiger partial charge on any atom is -0.300 e. The number of rotatable bonds is 7. The molecule has 146 valence electrons. The fourth-order valence-electron chi connectivity index (χ4n) is 3.27. The van der Waals surface area contributed by atoms with Gasteiger partial charge in [-0.25, -0.2) is 0 Å². The number of carbonyl (C=O) groups is 1. The molecule has 3 aromatic rings. The highest BCUT2D eigenvalue weighted by atomic mass is 32.2. The van der Waals surface area contributed by atoms with Crippen molar-refractivity contribution in [2.45, 2.75) is 37.9 Å². The number of thiophene rings is 1. The topological polar surface area (TPSA) is 85.6 Å². The number of hydrogen-bond donors (Lipinski definition) is 1. The Hall–Kier alpha value is -2.04. The largest absolute Gasteiger partial charge is 0.300 e. The first-order valence-electron chi connectivity index (χ1n) is 8.98. The first-order valence-corrected chi connectivity index (χ1v) is 11.7. The Morgan fingerprint density at radius 2 is 2.32 bits per heavy atom. The molecule has 1 N–H and O–H groups in total. The first-order chi connectivity index (χ1) is 13.7. The molecule has 28 heavy (non-hydrogen) atoms. The standard InChI is InChI=1S/C18H20N6OS3/c1-3-6-24-16(13-8-26-14-7-11(2)4-5-12(13)14)21-23-18(24)27-9-15(25)20-17-22-19-10-28-17/h3,8,10-11H,1,4-7,9H2,2H3,(H,20,22,25). The number of fused-ring (bicyclic) bond motifs is 1. The molecule has 3 heterocycles. The SMILES string of the molecule is C=CCn1c(SCC(=O)Nc2nncs2)nnc1-c1csc2c1CCC(C)C2. The lowest BCUT2D eigenvalue weighted by Gasteiger charge is -2.19. The lowest BCUT2D eigenvalue weighted by Crippen LogP contribution is -2.14. The Kier molecular flexibility index (Phi) is 5.88. The van der Waals surface area contributed by atoms with Crippen molar-refractivity contribution < 1.29 is 4.79 Å². The van der Waals surface area contributed by atoms with Crippen LogP contribution in [0, 0.1) is 5.92 Å². The van der Waals surface area contributed by atoms with Crippen LogP contribution < -0.4 is 5.32 Å². The minimum atomic E-state index is -0.140. The summed E-state index contributed by atoms with van der Waals surface area (Å²) in [5.74, 6) is 1.69. The fraction of sp³-hybridized carbons (Fsp3) is 0.389. The predicted octanol–water partition coefficient (Wildman–Crippen LogP) is 3.90. The molecule has 3 aromatic heterocycles. The summed E-state index contributed by atoms with van der Waals surface area (Å²) in [6, 6.07) is 0. The van der Waals surface area contributed by atoms with Gasteiger partial charge in [-0.2, -0.15) is 0 Å². The van der Waals surface area contributed by atoms with Crippen LogP contribution in [0.5, 0.6) is 0 Å². The van der Waals surface area contributed by atoms with Crippen LogP contribution in [0.2, 0.25) is 0 Å². The van der Waals surface area contributed by atoms with E-state index in [1.54, 1.807) is 5.51 Å². The molecule has 1 amide bonds. The van der Waals surface area contributed by atoms with Gasteiger partial charge in [0.2, 0.25) is 11.0 Å². The number of anilines is 1. The van der Waals surface area contributed by atoms with E-state index in [0.29, 0.717) is 16.8 Å². The first kappa shape index (κ1) is 19.3. The van der Waals surface area contributed by atoms with Gasteiger partial charge in [-0.05, 0) is 30.7 Å². The molecule has 1 atom stereocenters. The number of nitrogens with one attached hydrogen (secondary N) is 1. The Balaban J connectivity index is 1.53. The molecular formula is C18H20N6OS3. The molecule has 0 bridgehead atoms. The zero-order valence-corrected chi connectivity index (χ0v) is 17.9. The summed E-state index contributed by atoms with van der Waals surface area (Å²) in [4.78, 5) is 13.6. The third-order valence-electron chi connectivity index (χ3n) is 4.61. The molecule has 0 saturated heterocycles. The van der Waals surface area contributed by atoms with Crippen LogP contribution in [0.1, 0.15) is 23.8 Å². The van der Waals surface area contributed by atoms with Gasteiger partial charge in [0.1, 0.15) is 5.51 Å². The van der Waals surface area contributed by atoms with Crippen LogP contribution in [0.3, 0.4) is 0 Å². The van der Waals surface area contributed by atoms with Crippen molar-refractivity contribution in [3.05, 3.63) is 34.0 Å². The smallest absolute Gasteiger partial charge is 0.236 e. The number of allylic oxidation sites excluding steroid dienone is 1. The van der Waals surface area contributed by atoms with E-state index in [1.165, 1.54) is 45.5 Å². The lowest BCUT2D eigenvalue weighted by molar-refractivity contribution is -0.113. The summed E-state index contributed by atoms with van der Waals surface area (Å²) in [5.41, 5.74) is 4.16. The molecule has 0 radical (unpaired) electrons. The van der Waals surface area contributed by atoms with E-state index >= 15 is 0 Å². The van der Waals surface area contributed by atoms with E-state index in [4.69, 9.17) is 0 Å². The monoisotopic (exact) mass is 432 g/mol. The zero-order valence-electron chi connectivity index (χ0n) is 15.4. The Bertz CT molecular complexity index is 978. The molecule has 0 aliphatic heterocycles. The maximum Gasteiger partial charge on any atom is 0.236 e. The van der Waals surface area contributed by atoms with E-state index in [-0.39, 0.29) is 11.7 Å². The maximum absolute atomic E-state index is 12.1. The van der Waals surface area contributed by atoms with E-state index in [1.807, 2.05) is 22.0 Å². The number of thioether (sulfide) groups is 1. The molecule has 1 aliphatic carbocycles. The van der Waals surface area contributed by atoms with Crippen LogP contribution in [-0.4, -0.2) is 36.6 Å². The summed E-state index contributed by atoms with van der Waals surface area (Å²) < 4.78 is 2.04. The van der Waals surface area contributed by atoms with Crippen LogP contribution in [-0.2, 0) is 24.2 Å². The van der Waals surface area contributed by atoms with Gasteiger partial charge in [0.05, 0.1) is 5.75 Å². The van der Waals surface area contributed by atoms with Gasteiger partial charge in [0.15, 0.2) is 11.0 Å². The molecule has 7 nitrogen and oxygen atoms in total. The van der Waals surface area contributed by atoms with Gasteiger partial charge in [0, 0.05) is 22.4 Å². The quantitative estimate of drug-likeness (QED) is 0.450. The second kappa shape index (κ2) is 8.54. The fourth-order valence-corrected chi connectivity index (χ4v) is 5.72. The van der Waals surface area contributed by atoms with Gasteiger partial charge in [-0.1, -0.05) is 36.1 Å². The molecule has 0 spiro atoms. The van der Waals surface area contributed by atoms with Crippen LogP contribution in [0.4, 0.5) is 5.13 Å². The van der Waals surface area contributed by atoms with Crippen molar-refractivity contribution in [1.82, 2.24) is 25.0 Å². The normalized spacial score (nSPS) is 16.0. The van der Waals surface area contributed by atoms with Crippen molar-refractivity contribution in [3.63, 3.8) is 0 Å². The number of carbonyl (C=O) groups excluding carboxylic acids is 1. The van der Waals surface area contributed by atoms with E-state index < -0.39 is 0 Å². The zero-order chi connectivity index (χ0) is 19.5. The molecular weight excluding hydrogens is 412 g/mol. The van der Waals surface area contributed by atoms with Crippen LogP contribution in [0.25, 0.3) is 11.4 Å². The number of amides is 1. The maximum atomic E-state index is 12.1. The Labute approximate surface area is 175 Å². The number of hydrogen-bond acceptors (Lipinski definition) is 8. The third-order valence-corrected chi connectivity index (χ3v) is 7.23. The summed E-state index contributed by atoms with van der Waals surface area (Å²) >= 11 is 4.47. The average Bonchev–Trinajstić information content (AvgIpc) is 3.40. The summed E-state index contributed by atoms with van der Waals surface area (Å²) in [7, 11) is 0. The van der Waals surface area contributed by atoms with Crippen molar-refractivity contribution in [2.24, 2.45) is 5.92 Å². The van der Waals surface area contributed by atoms with Gasteiger partial charge in [-0.15, -0.1) is 38.3 Å².